The number of halogens is 1. The fourth-order valence-electron chi connectivity index (χ4n) is 2.97. The lowest BCUT2D eigenvalue weighted by molar-refractivity contribution is -0.144. The zero-order chi connectivity index (χ0) is 17.0. The highest BCUT2D eigenvalue weighted by molar-refractivity contribution is 9.10. The Bertz CT molecular complexity index is 578. The second-order valence-electron chi connectivity index (χ2n) is 5.44. The van der Waals surface area contributed by atoms with Crippen LogP contribution in [-0.4, -0.2) is 49.9 Å². The van der Waals surface area contributed by atoms with E-state index in [0.717, 1.165) is 29.4 Å². The van der Waals surface area contributed by atoms with Crippen molar-refractivity contribution in [3.8, 4) is 17.2 Å². The minimum atomic E-state index is -0.770. The molecular formula is C16H22BrNO5. The van der Waals surface area contributed by atoms with Gasteiger partial charge in [0, 0.05) is 6.54 Å². The highest BCUT2D eigenvalue weighted by Crippen LogP contribution is 2.45. The van der Waals surface area contributed by atoms with E-state index in [2.05, 4.69) is 15.9 Å². The van der Waals surface area contributed by atoms with Crippen LogP contribution in [0.1, 0.15) is 24.8 Å². The third-order valence-corrected chi connectivity index (χ3v) is 4.99. The van der Waals surface area contributed by atoms with E-state index in [1.54, 1.807) is 21.3 Å². The first-order valence-corrected chi connectivity index (χ1v) is 8.27. The van der Waals surface area contributed by atoms with E-state index < -0.39 is 12.0 Å². The number of ether oxygens (including phenoxy) is 3. The highest BCUT2D eigenvalue weighted by atomic mass is 79.9. The molecule has 1 unspecified atom stereocenters. The molecule has 1 aliphatic rings. The van der Waals surface area contributed by atoms with Crippen molar-refractivity contribution in [2.24, 2.45) is 0 Å². The summed E-state index contributed by atoms with van der Waals surface area (Å²) >= 11 is 3.55. The van der Waals surface area contributed by atoms with Crippen LogP contribution in [0.3, 0.4) is 0 Å². The molecule has 1 aromatic rings. The maximum absolute atomic E-state index is 11.5. The first-order chi connectivity index (χ1) is 11.0. The molecule has 7 heteroatoms. The number of carboxylic acids is 1. The average molecular weight is 388 g/mol. The van der Waals surface area contributed by atoms with E-state index in [-0.39, 0.29) is 0 Å². The Labute approximate surface area is 144 Å². The van der Waals surface area contributed by atoms with Gasteiger partial charge in [-0.15, -0.1) is 0 Å². The molecule has 1 aliphatic heterocycles. The lowest BCUT2D eigenvalue weighted by atomic mass is 10.0. The van der Waals surface area contributed by atoms with Crippen LogP contribution in [0.15, 0.2) is 10.5 Å². The smallest absolute Gasteiger partial charge is 0.320 e. The third kappa shape index (κ3) is 3.72. The molecule has 1 N–H and O–H groups in total. The summed E-state index contributed by atoms with van der Waals surface area (Å²) in [6.45, 7) is 1.27. The second kappa shape index (κ2) is 7.88. The van der Waals surface area contributed by atoms with Gasteiger partial charge in [0.05, 0.1) is 25.8 Å². The molecule has 0 bridgehead atoms. The average Bonchev–Trinajstić information content (AvgIpc) is 2.56. The van der Waals surface area contributed by atoms with Gasteiger partial charge in [0.25, 0.3) is 0 Å². The summed E-state index contributed by atoms with van der Waals surface area (Å²) in [4.78, 5) is 13.4. The Kier molecular flexibility index (Phi) is 6.12. The molecule has 1 aromatic carbocycles. The van der Waals surface area contributed by atoms with Crippen molar-refractivity contribution in [1.82, 2.24) is 4.90 Å². The lowest BCUT2D eigenvalue weighted by Crippen LogP contribution is -2.44. The number of piperidine rings is 1. The van der Waals surface area contributed by atoms with Crippen LogP contribution >= 0.6 is 15.9 Å². The number of aliphatic carboxylic acids is 1. The van der Waals surface area contributed by atoms with Gasteiger partial charge in [-0.05, 0) is 46.9 Å². The summed E-state index contributed by atoms with van der Waals surface area (Å²) in [5, 5.41) is 9.42. The van der Waals surface area contributed by atoms with Crippen LogP contribution in [0.4, 0.5) is 0 Å². The molecule has 1 saturated heterocycles. The molecule has 23 heavy (non-hydrogen) atoms. The number of rotatable bonds is 6. The van der Waals surface area contributed by atoms with Gasteiger partial charge in [0.15, 0.2) is 11.5 Å². The normalized spacial score (nSPS) is 18.5. The number of benzene rings is 1. The minimum Gasteiger partial charge on any atom is -0.493 e. The van der Waals surface area contributed by atoms with E-state index in [1.807, 2.05) is 11.0 Å². The lowest BCUT2D eigenvalue weighted by Gasteiger charge is -2.33. The highest BCUT2D eigenvalue weighted by Gasteiger charge is 2.30. The Hall–Kier alpha value is -1.47. The molecule has 2 rings (SSSR count). The Morgan fingerprint density at radius 1 is 1.26 bits per heavy atom. The van der Waals surface area contributed by atoms with E-state index in [0.29, 0.717) is 30.2 Å². The van der Waals surface area contributed by atoms with Gasteiger partial charge in [0.1, 0.15) is 6.04 Å². The van der Waals surface area contributed by atoms with Crippen molar-refractivity contribution in [3.05, 3.63) is 16.1 Å². The fourth-order valence-corrected chi connectivity index (χ4v) is 3.55. The molecule has 128 valence electrons. The van der Waals surface area contributed by atoms with Crippen LogP contribution < -0.4 is 14.2 Å². The quantitative estimate of drug-likeness (QED) is 0.809. The number of hydrogen-bond acceptors (Lipinski definition) is 5. The molecular weight excluding hydrogens is 366 g/mol. The van der Waals surface area contributed by atoms with Crippen molar-refractivity contribution in [2.45, 2.75) is 31.8 Å². The third-order valence-electron chi connectivity index (χ3n) is 4.12. The van der Waals surface area contributed by atoms with Crippen molar-refractivity contribution >= 4 is 21.9 Å². The van der Waals surface area contributed by atoms with Gasteiger partial charge in [-0.3, -0.25) is 9.69 Å². The van der Waals surface area contributed by atoms with Gasteiger partial charge in [-0.25, -0.2) is 0 Å². The second-order valence-corrected chi connectivity index (χ2v) is 6.23. The summed E-state index contributed by atoms with van der Waals surface area (Å²) in [6, 6.07) is 1.41. The van der Waals surface area contributed by atoms with E-state index in [4.69, 9.17) is 14.2 Å². The molecule has 1 fully saturated rings. The van der Waals surface area contributed by atoms with E-state index in [1.165, 1.54) is 0 Å². The van der Waals surface area contributed by atoms with Crippen LogP contribution in [0.25, 0.3) is 0 Å². The Balaban J connectivity index is 2.37. The molecule has 0 aromatic heterocycles. The first kappa shape index (κ1) is 17.9. The van der Waals surface area contributed by atoms with Crippen molar-refractivity contribution in [3.63, 3.8) is 0 Å². The molecule has 0 spiro atoms. The largest absolute Gasteiger partial charge is 0.493 e. The maximum Gasteiger partial charge on any atom is 0.320 e. The Morgan fingerprint density at radius 3 is 2.52 bits per heavy atom. The number of carboxylic acid groups (broad SMARTS) is 1. The maximum atomic E-state index is 11.5. The zero-order valence-corrected chi connectivity index (χ0v) is 15.2. The van der Waals surface area contributed by atoms with E-state index in [9.17, 15) is 9.90 Å². The van der Waals surface area contributed by atoms with Crippen LogP contribution in [0, 0.1) is 0 Å². The summed E-state index contributed by atoms with van der Waals surface area (Å²) in [6.07, 6.45) is 2.63. The zero-order valence-electron chi connectivity index (χ0n) is 13.6. The SMILES string of the molecule is COc1cc(CN2CCCCC2C(=O)O)c(Br)c(OC)c1OC. The van der Waals surface area contributed by atoms with Crippen LogP contribution in [0.2, 0.25) is 0 Å². The van der Waals surface area contributed by atoms with Crippen LogP contribution in [-0.2, 0) is 11.3 Å². The predicted molar refractivity (Wildman–Crippen MR) is 89.5 cm³/mol. The van der Waals surface area contributed by atoms with Gasteiger partial charge in [-0.1, -0.05) is 6.42 Å². The molecule has 0 aliphatic carbocycles. The number of methoxy groups -OCH3 is 3. The number of nitrogens with zero attached hydrogens (tertiary/aromatic N) is 1. The van der Waals surface area contributed by atoms with Gasteiger partial charge >= 0.3 is 5.97 Å². The van der Waals surface area contributed by atoms with E-state index >= 15 is 0 Å². The summed E-state index contributed by atoms with van der Waals surface area (Å²) in [5.41, 5.74) is 0.910. The number of likely N-dealkylation sites (tertiary alicyclic amines) is 1. The summed E-state index contributed by atoms with van der Waals surface area (Å²) < 4.78 is 16.9. The molecule has 0 radical (unpaired) electrons. The van der Waals surface area contributed by atoms with Crippen molar-refractivity contribution < 1.29 is 24.1 Å². The standard InChI is InChI=1S/C16H22BrNO5/c1-21-12-8-10(13(17)15(23-3)14(12)22-2)9-18-7-5-4-6-11(18)16(19)20/h8,11H,4-7,9H2,1-3H3,(H,19,20). The van der Waals surface area contributed by atoms with Gasteiger partial charge < -0.3 is 19.3 Å². The predicted octanol–water partition coefficient (Wildman–Crippen LogP) is 2.91. The molecule has 0 amide bonds. The van der Waals surface area contributed by atoms with Crippen LogP contribution in [0.5, 0.6) is 17.2 Å². The molecule has 1 atom stereocenters. The van der Waals surface area contributed by atoms with Crippen molar-refractivity contribution in [1.29, 1.82) is 0 Å². The Morgan fingerprint density at radius 2 is 1.96 bits per heavy atom. The fraction of sp³-hybridized carbons (Fsp3) is 0.562. The molecule has 1 heterocycles. The molecule has 0 saturated carbocycles. The van der Waals surface area contributed by atoms with Gasteiger partial charge in [-0.2, -0.15) is 0 Å². The number of hydrogen-bond donors (Lipinski definition) is 1. The topological polar surface area (TPSA) is 68.2 Å². The van der Waals surface area contributed by atoms with Gasteiger partial charge in [0.2, 0.25) is 5.75 Å². The minimum absolute atomic E-state index is 0.449. The monoisotopic (exact) mass is 387 g/mol. The summed E-state index contributed by atoms with van der Waals surface area (Å²) in [5.74, 6) is 0.851. The number of carbonyl (C=O) groups is 1. The van der Waals surface area contributed by atoms with Crippen molar-refractivity contribution in [2.75, 3.05) is 27.9 Å². The summed E-state index contributed by atoms with van der Waals surface area (Å²) in [7, 11) is 4.68. The molecule has 6 nitrogen and oxygen atoms in total. The first-order valence-electron chi connectivity index (χ1n) is 7.47.